The molecule has 0 saturated carbocycles. The minimum Gasteiger partial charge on any atom is -0.326 e. The molecule has 3 aromatic rings. The fourth-order valence-electron chi connectivity index (χ4n) is 5.49. The molecule has 2 aliphatic heterocycles. The molecule has 0 aliphatic carbocycles. The van der Waals surface area contributed by atoms with Gasteiger partial charge in [0.2, 0.25) is 21.8 Å². The van der Waals surface area contributed by atoms with Crippen LogP contribution in [0.15, 0.2) is 53.4 Å². The van der Waals surface area contributed by atoms with Crippen molar-refractivity contribution in [3.8, 4) is 0 Å². The van der Waals surface area contributed by atoms with Crippen molar-refractivity contribution >= 4 is 33.2 Å². The first-order valence-corrected chi connectivity index (χ1v) is 14.4. The number of aromatic nitrogens is 2. The summed E-state index contributed by atoms with van der Waals surface area (Å²) in [4.78, 5) is 28.0. The van der Waals surface area contributed by atoms with Crippen molar-refractivity contribution in [1.82, 2.24) is 14.1 Å². The normalized spacial score (nSPS) is 17.9. The Bertz CT molecular complexity index is 1500. The quantitative estimate of drug-likeness (QED) is 0.521. The highest BCUT2D eigenvalue weighted by molar-refractivity contribution is 7.89. The molecule has 38 heavy (non-hydrogen) atoms. The number of sulfonamides is 1. The fourth-order valence-corrected chi connectivity index (χ4v) is 7.39. The van der Waals surface area contributed by atoms with E-state index in [4.69, 9.17) is 0 Å². The third kappa shape index (κ3) is 4.98. The van der Waals surface area contributed by atoms with Crippen LogP contribution < -0.4 is 10.2 Å². The van der Waals surface area contributed by atoms with E-state index in [1.807, 2.05) is 55.5 Å². The van der Waals surface area contributed by atoms with Crippen molar-refractivity contribution in [2.24, 2.45) is 5.92 Å². The molecule has 1 saturated heterocycles. The third-order valence-electron chi connectivity index (χ3n) is 7.43. The van der Waals surface area contributed by atoms with Gasteiger partial charge in [-0.1, -0.05) is 30.3 Å². The lowest BCUT2D eigenvalue weighted by atomic mass is 9.98. The summed E-state index contributed by atoms with van der Waals surface area (Å²) >= 11 is 0. The van der Waals surface area contributed by atoms with E-state index < -0.39 is 15.9 Å². The number of nitrogens with zero attached hydrogens (tertiary/aromatic N) is 4. The number of anilines is 2. The first kappa shape index (κ1) is 26.1. The van der Waals surface area contributed by atoms with Crippen LogP contribution in [0.4, 0.5) is 11.4 Å². The van der Waals surface area contributed by atoms with Crippen LogP contribution in [0.2, 0.25) is 0 Å². The zero-order valence-electron chi connectivity index (χ0n) is 22.0. The van der Waals surface area contributed by atoms with Crippen molar-refractivity contribution in [1.29, 1.82) is 0 Å². The van der Waals surface area contributed by atoms with Crippen LogP contribution in [0.1, 0.15) is 35.4 Å². The second kappa shape index (κ2) is 10.3. The van der Waals surface area contributed by atoms with Crippen LogP contribution in [-0.2, 0) is 32.6 Å². The Labute approximate surface area is 223 Å². The standard InChI is InChI=1S/C28H33N5O4S/c1-19-8-6-11-24(16-19)29-28(35)23-10-7-14-31(17-23)38(36,37)27-20(2)30-33(21(27)3)18-26(34)32-15-13-22-9-4-5-12-25(22)32/h4-6,8-9,11-12,16,23H,7,10,13-15,17-18H2,1-3H3,(H,29,35). The summed E-state index contributed by atoms with van der Waals surface area (Å²) in [5.41, 5.74) is 4.54. The van der Waals surface area contributed by atoms with Crippen LogP contribution >= 0.6 is 0 Å². The molecule has 200 valence electrons. The lowest BCUT2D eigenvalue weighted by Gasteiger charge is -2.31. The van der Waals surface area contributed by atoms with Gasteiger partial charge < -0.3 is 10.2 Å². The number of benzene rings is 2. The topological polar surface area (TPSA) is 105 Å². The zero-order chi connectivity index (χ0) is 27.0. The predicted octanol–water partition coefficient (Wildman–Crippen LogP) is 3.44. The van der Waals surface area contributed by atoms with E-state index in [0.29, 0.717) is 43.0 Å². The second-order valence-electron chi connectivity index (χ2n) is 10.1. The first-order chi connectivity index (χ1) is 18.1. The van der Waals surface area contributed by atoms with Gasteiger partial charge in [0.15, 0.2) is 0 Å². The Morgan fingerprint density at radius 1 is 1.05 bits per heavy atom. The number of hydrogen-bond acceptors (Lipinski definition) is 5. The molecule has 9 nitrogen and oxygen atoms in total. The molecule has 0 radical (unpaired) electrons. The number of rotatable bonds is 6. The highest BCUT2D eigenvalue weighted by Crippen LogP contribution is 2.30. The maximum atomic E-state index is 13.8. The highest BCUT2D eigenvalue weighted by Gasteiger charge is 2.37. The van der Waals surface area contributed by atoms with Crippen molar-refractivity contribution in [3.05, 3.63) is 71.0 Å². The maximum absolute atomic E-state index is 13.8. The van der Waals surface area contributed by atoms with Gasteiger partial charge in [0, 0.05) is 31.0 Å². The van der Waals surface area contributed by atoms with Crippen molar-refractivity contribution < 1.29 is 18.0 Å². The molecule has 10 heteroatoms. The number of piperidine rings is 1. The zero-order valence-corrected chi connectivity index (χ0v) is 22.8. The van der Waals surface area contributed by atoms with E-state index in [2.05, 4.69) is 10.4 Å². The average molecular weight is 536 g/mol. The van der Waals surface area contributed by atoms with Crippen molar-refractivity contribution in [3.63, 3.8) is 0 Å². The Balaban J connectivity index is 1.32. The van der Waals surface area contributed by atoms with Crippen LogP contribution in [0, 0.1) is 26.7 Å². The molecule has 0 bridgehead atoms. The molecule has 1 N–H and O–H groups in total. The first-order valence-electron chi connectivity index (χ1n) is 12.9. The van der Waals surface area contributed by atoms with Gasteiger partial charge in [-0.05, 0) is 69.4 Å². The number of hydrogen-bond donors (Lipinski definition) is 1. The summed E-state index contributed by atoms with van der Waals surface area (Å²) in [6.45, 7) is 6.28. The Hall–Kier alpha value is -3.50. The van der Waals surface area contributed by atoms with E-state index in [1.54, 1.807) is 18.7 Å². The summed E-state index contributed by atoms with van der Waals surface area (Å²) in [6.07, 6.45) is 2.00. The molecule has 3 heterocycles. The number of para-hydroxylation sites is 1. The van der Waals surface area contributed by atoms with Crippen molar-refractivity contribution in [2.45, 2.75) is 51.5 Å². The molecule has 0 spiro atoms. The summed E-state index contributed by atoms with van der Waals surface area (Å²) in [5.74, 6) is -0.766. The Kier molecular flexibility index (Phi) is 7.11. The number of aryl methyl sites for hydroxylation is 2. The molecular formula is C28H33N5O4S. The molecule has 1 atom stereocenters. The molecule has 2 amide bonds. The van der Waals surface area contributed by atoms with Gasteiger partial charge in [-0.25, -0.2) is 8.42 Å². The molecule has 2 aromatic carbocycles. The van der Waals surface area contributed by atoms with Gasteiger partial charge in [0.1, 0.15) is 11.4 Å². The summed E-state index contributed by atoms with van der Waals surface area (Å²) in [7, 11) is -3.91. The number of carbonyl (C=O) groups is 2. The van der Waals surface area contributed by atoms with Crippen molar-refractivity contribution in [2.75, 3.05) is 29.9 Å². The van der Waals surface area contributed by atoms with E-state index in [-0.39, 0.29) is 29.8 Å². The molecule has 1 fully saturated rings. The van der Waals surface area contributed by atoms with Crippen LogP contribution in [-0.4, -0.2) is 54.0 Å². The Morgan fingerprint density at radius 3 is 2.63 bits per heavy atom. The number of carbonyl (C=O) groups excluding carboxylic acids is 2. The molecule has 1 unspecified atom stereocenters. The van der Waals surface area contributed by atoms with Gasteiger partial charge >= 0.3 is 0 Å². The predicted molar refractivity (Wildman–Crippen MR) is 145 cm³/mol. The van der Waals surface area contributed by atoms with E-state index in [9.17, 15) is 18.0 Å². The largest absolute Gasteiger partial charge is 0.326 e. The minimum atomic E-state index is -3.91. The van der Waals surface area contributed by atoms with E-state index in [1.165, 1.54) is 8.99 Å². The smallest absolute Gasteiger partial charge is 0.248 e. The number of amides is 2. The third-order valence-corrected chi connectivity index (χ3v) is 9.54. The van der Waals surface area contributed by atoms with E-state index >= 15 is 0 Å². The van der Waals surface area contributed by atoms with Gasteiger partial charge in [-0.15, -0.1) is 0 Å². The molecule has 2 aliphatic rings. The fraction of sp³-hybridized carbons (Fsp3) is 0.393. The monoisotopic (exact) mass is 535 g/mol. The van der Waals surface area contributed by atoms with E-state index in [0.717, 1.165) is 23.2 Å². The number of nitrogens with one attached hydrogen (secondary N) is 1. The van der Waals surface area contributed by atoms with Gasteiger partial charge in [-0.2, -0.15) is 9.40 Å². The second-order valence-corrected chi connectivity index (χ2v) is 12.0. The van der Waals surface area contributed by atoms with Crippen LogP contribution in [0.3, 0.4) is 0 Å². The average Bonchev–Trinajstić information content (AvgIpc) is 3.44. The summed E-state index contributed by atoms with van der Waals surface area (Å²) in [6, 6.07) is 15.4. The minimum absolute atomic E-state index is 0.0436. The molecule has 1 aromatic heterocycles. The SMILES string of the molecule is Cc1cccc(NC(=O)C2CCCN(S(=O)(=O)c3c(C)nn(CC(=O)N4CCc5ccccc54)c3C)C2)c1. The van der Waals surface area contributed by atoms with Crippen LogP contribution in [0.5, 0.6) is 0 Å². The van der Waals surface area contributed by atoms with Crippen LogP contribution in [0.25, 0.3) is 0 Å². The van der Waals surface area contributed by atoms with Gasteiger partial charge in [-0.3, -0.25) is 14.3 Å². The summed E-state index contributed by atoms with van der Waals surface area (Å²) in [5, 5.41) is 7.37. The lowest BCUT2D eigenvalue weighted by Crippen LogP contribution is -2.44. The maximum Gasteiger partial charge on any atom is 0.248 e. The molecular weight excluding hydrogens is 502 g/mol. The lowest BCUT2D eigenvalue weighted by molar-refractivity contribution is -0.121. The Morgan fingerprint density at radius 2 is 1.84 bits per heavy atom. The summed E-state index contributed by atoms with van der Waals surface area (Å²) < 4.78 is 30.4. The highest BCUT2D eigenvalue weighted by atomic mass is 32.2. The van der Waals surface area contributed by atoms with Gasteiger partial charge in [0.25, 0.3) is 0 Å². The van der Waals surface area contributed by atoms with Gasteiger partial charge in [0.05, 0.1) is 17.3 Å². The molecule has 5 rings (SSSR count). The number of fused-ring (bicyclic) bond motifs is 1.